The van der Waals surface area contributed by atoms with Crippen LogP contribution in [-0.4, -0.2) is 19.7 Å². The van der Waals surface area contributed by atoms with Crippen LogP contribution in [0.1, 0.15) is 0 Å². The zero-order chi connectivity index (χ0) is 19.8. The van der Waals surface area contributed by atoms with Crippen LogP contribution in [0.4, 0.5) is 0 Å². The second-order valence-corrected chi connectivity index (χ2v) is 6.84. The minimum Gasteiger partial charge on any atom is -0.334 e. The van der Waals surface area contributed by atoms with Crippen molar-refractivity contribution in [1.82, 2.24) is 19.7 Å². The van der Waals surface area contributed by atoms with Gasteiger partial charge in [-0.3, -0.25) is 14.3 Å². The van der Waals surface area contributed by atoms with Gasteiger partial charge in [0.25, 0.3) is 11.4 Å². The summed E-state index contributed by atoms with van der Waals surface area (Å²) in [6.07, 6.45) is 5.06. The summed E-state index contributed by atoms with van der Waals surface area (Å²) in [6, 6.07) is 18.0. The molecule has 0 aliphatic carbocycles. The Labute approximate surface area is 170 Å². The first kappa shape index (κ1) is 17.3. The van der Waals surface area contributed by atoms with Crippen molar-refractivity contribution < 1.29 is 4.52 Å². The number of hydrogen-bond donors (Lipinski definition) is 0. The molecule has 0 aliphatic heterocycles. The Bertz CT molecular complexity index is 1380. The second kappa shape index (κ2) is 7.00. The van der Waals surface area contributed by atoms with Crippen LogP contribution in [0.3, 0.4) is 0 Å². The molecule has 0 unspecified atom stereocenters. The molecular weight excluding hydrogens is 388 g/mol. The summed E-state index contributed by atoms with van der Waals surface area (Å²) in [7, 11) is 0. The Hall–Kier alpha value is -3.77. The molecule has 7 heteroatoms. The summed E-state index contributed by atoms with van der Waals surface area (Å²) in [4.78, 5) is 21.6. The summed E-state index contributed by atoms with van der Waals surface area (Å²) < 4.78 is 7.10. The van der Waals surface area contributed by atoms with Crippen LogP contribution >= 0.6 is 11.6 Å². The number of nitrogens with zero attached hydrogens (tertiary/aromatic N) is 4. The van der Waals surface area contributed by atoms with E-state index in [-0.39, 0.29) is 5.56 Å². The van der Waals surface area contributed by atoms with E-state index in [1.54, 1.807) is 65.6 Å². The molecule has 5 rings (SSSR count). The molecule has 0 bridgehead atoms. The van der Waals surface area contributed by atoms with E-state index in [9.17, 15) is 4.79 Å². The maximum atomic E-state index is 13.1. The maximum absolute atomic E-state index is 13.1. The molecule has 0 fully saturated rings. The number of fused-ring (bicyclic) bond motifs is 1. The Morgan fingerprint density at radius 1 is 0.897 bits per heavy atom. The van der Waals surface area contributed by atoms with E-state index in [1.807, 2.05) is 18.2 Å². The van der Waals surface area contributed by atoms with Crippen molar-refractivity contribution >= 4 is 22.4 Å². The molecule has 0 aliphatic rings. The predicted octanol–water partition coefficient (Wildman–Crippen LogP) is 4.76. The molecule has 29 heavy (non-hydrogen) atoms. The van der Waals surface area contributed by atoms with Gasteiger partial charge in [0.1, 0.15) is 0 Å². The van der Waals surface area contributed by atoms with E-state index < -0.39 is 0 Å². The van der Waals surface area contributed by atoms with Crippen LogP contribution in [0.5, 0.6) is 0 Å². The van der Waals surface area contributed by atoms with Gasteiger partial charge in [0, 0.05) is 45.6 Å². The highest BCUT2D eigenvalue weighted by atomic mass is 35.5. The van der Waals surface area contributed by atoms with E-state index in [0.29, 0.717) is 33.4 Å². The average molecular weight is 401 g/mol. The smallest absolute Gasteiger partial charge is 0.262 e. The molecule has 0 N–H and O–H groups in total. The minimum absolute atomic E-state index is 0.138. The standard InChI is InChI=1S/C22H13ClN4O2/c23-15-5-7-16(8-6-15)27-13-19(17-3-1-2-4-18(17)22(27)28)21-25-20(26-29-21)14-9-11-24-12-10-14/h1-13H. The topological polar surface area (TPSA) is 73.8 Å². The molecule has 140 valence electrons. The molecule has 0 spiro atoms. The number of benzene rings is 2. The first-order chi connectivity index (χ1) is 14.2. The fourth-order valence-corrected chi connectivity index (χ4v) is 3.33. The van der Waals surface area contributed by atoms with Crippen LogP contribution < -0.4 is 5.56 Å². The summed E-state index contributed by atoms with van der Waals surface area (Å²) in [6.45, 7) is 0. The highest BCUT2D eigenvalue weighted by Gasteiger charge is 2.17. The predicted molar refractivity (Wildman–Crippen MR) is 111 cm³/mol. The summed E-state index contributed by atoms with van der Waals surface area (Å²) in [5.74, 6) is 0.784. The lowest BCUT2D eigenvalue weighted by Crippen LogP contribution is -2.18. The van der Waals surface area contributed by atoms with Gasteiger partial charge in [-0.1, -0.05) is 35.0 Å². The number of rotatable bonds is 3. The van der Waals surface area contributed by atoms with Crippen LogP contribution in [0.2, 0.25) is 5.02 Å². The molecular formula is C22H13ClN4O2. The van der Waals surface area contributed by atoms with E-state index in [1.165, 1.54) is 0 Å². The van der Waals surface area contributed by atoms with Gasteiger partial charge in [0.15, 0.2) is 0 Å². The first-order valence-corrected chi connectivity index (χ1v) is 9.23. The van der Waals surface area contributed by atoms with Crippen LogP contribution in [0.25, 0.3) is 39.3 Å². The fourth-order valence-electron chi connectivity index (χ4n) is 3.21. The highest BCUT2D eigenvalue weighted by molar-refractivity contribution is 6.30. The second-order valence-electron chi connectivity index (χ2n) is 6.40. The number of halogens is 1. The Morgan fingerprint density at radius 2 is 1.62 bits per heavy atom. The SMILES string of the molecule is O=c1c2ccccc2c(-c2nc(-c3ccncc3)no2)cn1-c1ccc(Cl)cc1. The monoisotopic (exact) mass is 400 g/mol. The van der Waals surface area contributed by atoms with Gasteiger partial charge >= 0.3 is 0 Å². The molecule has 0 saturated heterocycles. The van der Waals surface area contributed by atoms with Gasteiger partial charge in [-0.25, -0.2) is 0 Å². The first-order valence-electron chi connectivity index (χ1n) is 8.85. The van der Waals surface area contributed by atoms with Crippen molar-refractivity contribution in [1.29, 1.82) is 0 Å². The van der Waals surface area contributed by atoms with Crippen LogP contribution in [0, 0.1) is 0 Å². The Kier molecular flexibility index (Phi) is 4.18. The third-order valence-electron chi connectivity index (χ3n) is 4.62. The molecule has 3 heterocycles. The third-order valence-corrected chi connectivity index (χ3v) is 4.88. The van der Waals surface area contributed by atoms with E-state index >= 15 is 0 Å². The molecule has 5 aromatic rings. The van der Waals surface area contributed by atoms with Gasteiger partial charge in [-0.15, -0.1) is 0 Å². The molecule has 0 atom stereocenters. The zero-order valence-electron chi connectivity index (χ0n) is 15.0. The largest absolute Gasteiger partial charge is 0.334 e. The van der Waals surface area contributed by atoms with Crippen molar-refractivity contribution in [2.75, 3.05) is 0 Å². The molecule has 0 radical (unpaired) electrons. The number of aromatic nitrogens is 4. The fraction of sp³-hybridized carbons (Fsp3) is 0. The normalized spacial score (nSPS) is 11.1. The van der Waals surface area contributed by atoms with Crippen molar-refractivity contribution in [3.05, 3.63) is 94.6 Å². The molecule has 3 aromatic heterocycles. The van der Waals surface area contributed by atoms with Crippen LogP contribution in [-0.2, 0) is 0 Å². The lowest BCUT2D eigenvalue weighted by atomic mass is 10.1. The van der Waals surface area contributed by atoms with Crippen molar-refractivity contribution in [2.45, 2.75) is 0 Å². The highest BCUT2D eigenvalue weighted by Crippen LogP contribution is 2.28. The van der Waals surface area contributed by atoms with Gasteiger partial charge in [-0.2, -0.15) is 4.98 Å². The van der Waals surface area contributed by atoms with Gasteiger partial charge in [-0.05, 0) is 42.5 Å². The van der Waals surface area contributed by atoms with Gasteiger partial charge < -0.3 is 4.52 Å². The van der Waals surface area contributed by atoms with Crippen molar-refractivity contribution in [2.24, 2.45) is 0 Å². The summed E-state index contributed by atoms with van der Waals surface area (Å²) >= 11 is 6.00. The lowest BCUT2D eigenvalue weighted by Gasteiger charge is -2.10. The summed E-state index contributed by atoms with van der Waals surface area (Å²) in [5, 5.41) is 5.99. The van der Waals surface area contributed by atoms with Crippen molar-refractivity contribution in [3.63, 3.8) is 0 Å². The van der Waals surface area contributed by atoms with E-state index in [4.69, 9.17) is 16.1 Å². The minimum atomic E-state index is -0.138. The van der Waals surface area contributed by atoms with E-state index in [2.05, 4.69) is 15.1 Å². The number of pyridine rings is 2. The maximum Gasteiger partial charge on any atom is 0.262 e. The van der Waals surface area contributed by atoms with Gasteiger partial charge in [0.2, 0.25) is 5.82 Å². The Balaban J connectivity index is 1.74. The number of hydrogen-bond acceptors (Lipinski definition) is 5. The molecule has 6 nitrogen and oxygen atoms in total. The molecule has 0 amide bonds. The molecule has 0 saturated carbocycles. The van der Waals surface area contributed by atoms with Crippen molar-refractivity contribution in [3.8, 4) is 28.5 Å². The van der Waals surface area contributed by atoms with Gasteiger partial charge in [0.05, 0.1) is 5.56 Å². The quantitative estimate of drug-likeness (QED) is 0.436. The molecule has 2 aromatic carbocycles. The van der Waals surface area contributed by atoms with Crippen LogP contribution in [0.15, 0.2) is 88.6 Å². The third kappa shape index (κ3) is 3.09. The zero-order valence-corrected chi connectivity index (χ0v) is 15.7. The lowest BCUT2D eigenvalue weighted by molar-refractivity contribution is 0.432. The van der Waals surface area contributed by atoms with E-state index in [0.717, 1.165) is 10.9 Å². The Morgan fingerprint density at radius 3 is 2.38 bits per heavy atom. The summed E-state index contributed by atoms with van der Waals surface area (Å²) in [5.41, 5.74) is 2.02. The average Bonchev–Trinajstić information content (AvgIpc) is 3.26.